The number of aryl methyl sites for hydroxylation is 1. The van der Waals surface area contributed by atoms with Gasteiger partial charge in [0, 0.05) is 50.4 Å². The van der Waals surface area contributed by atoms with Crippen molar-refractivity contribution in [2.45, 2.75) is 45.7 Å². The molecule has 154 valence electrons. The summed E-state index contributed by atoms with van der Waals surface area (Å²) in [4.78, 5) is 29.4. The first-order valence-corrected chi connectivity index (χ1v) is 10.5. The molecule has 4 rings (SSSR count). The molecule has 29 heavy (non-hydrogen) atoms. The molecule has 3 heterocycles. The number of hydrogen-bond donors (Lipinski definition) is 0. The van der Waals surface area contributed by atoms with Gasteiger partial charge in [0.25, 0.3) is 5.91 Å². The molecule has 2 amide bonds. The molecule has 0 spiro atoms. The Bertz CT molecular complexity index is 872. The lowest BCUT2D eigenvalue weighted by Crippen LogP contribution is -2.38. The highest BCUT2D eigenvalue weighted by atomic mass is 16.5. The second-order valence-corrected chi connectivity index (χ2v) is 7.57. The predicted molar refractivity (Wildman–Crippen MR) is 109 cm³/mol. The minimum atomic E-state index is 0.00709. The van der Waals surface area contributed by atoms with Crippen molar-refractivity contribution < 1.29 is 14.3 Å². The van der Waals surface area contributed by atoms with Crippen molar-refractivity contribution in [1.82, 2.24) is 19.6 Å². The summed E-state index contributed by atoms with van der Waals surface area (Å²) >= 11 is 0. The van der Waals surface area contributed by atoms with Gasteiger partial charge in [-0.25, -0.2) is 0 Å². The first kappa shape index (κ1) is 19.5. The number of carbonyl (C=O) groups excluding carboxylic acids is 2. The zero-order valence-electron chi connectivity index (χ0n) is 17.0. The van der Waals surface area contributed by atoms with Crippen molar-refractivity contribution in [2.75, 3.05) is 26.2 Å². The number of hydrogen-bond acceptors (Lipinski definition) is 4. The van der Waals surface area contributed by atoms with Crippen LogP contribution in [-0.2, 0) is 24.3 Å². The number of carbonyl (C=O) groups is 2. The van der Waals surface area contributed by atoms with Gasteiger partial charge in [-0.3, -0.25) is 14.3 Å². The first-order chi connectivity index (χ1) is 14.2. The van der Waals surface area contributed by atoms with E-state index in [2.05, 4.69) is 5.10 Å². The summed E-state index contributed by atoms with van der Waals surface area (Å²) < 4.78 is 7.59. The van der Waals surface area contributed by atoms with Crippen molar-refractivity contribution in [3.8, 4) is 5.75 Å². The standard InChI is InChI=1S/C22H28N4O3/c1-2-26-19-10-14-25(20(27)11-15-29-17-8-4-3-5-9-17)16-18(19)21(23-26)22(28)24-12-6-7-13-24/h3-5,8-9H,2,6-7,10-16H2,1H3. The van der Waals surface area contributed by atoms with Gasteiger partial charge >= 0.3 is 0 Å². The molecular weight excluding hydrogens is 368 g/mol. The van der Waals surface area contributed by atoms with E-state index in [1.807, 2.05) is 51.7 Å². The molecule has 0 atom stereocenters. The van der Waals surface area contributed by atoms with E-state index in [1.54, 1.807) is 0 Å². The van der Waals surface area contributed by atoms with Gasteiger partial charge in [-0.2, -0.15) is 5.10 Å². The van der Waals surface area contributed by atoms with Crippen LogP contribution in [0.3, 0.4) is 0 Å². The molecule has 0 unspecified atom stereocenters. The first-order valence-electron chi connectivity index (χ1n) is 10.5. The molecule has 1 saturated heterocycles. The summed E-state index contributed by atoms with van der Waals surface area (Å²) in [5, 5.41) is 4.61. The van der Waals surface area contributed by atoms with Gasteiger partial charge in [0.15, 0.2) is 5.69 Å². The van der Waals surface area contributed by atoms with E-state index in [-0.39, 0.29) is 11.8 Å². The molecule has 0 saturated carbocycles. The van der Waals surface area contributed by atoms with Gasteiger partial charge in [-0.15, -0.1) is 0 Å². The fourth-order valence-corrected chi connectivity index (χ4v) is 4.14. The van der Waals surface area contributed by atoms with Crippen LogP contribution in [0, 0.1) is 0 Å². The Balaban J connectivity index is 1.43. The highest BCUT2D eigenvalue weighted by Crippen LogP contribution is 2.25. The van der Waals surface area contributed by atoms with E-state index in [9.17, 15) is 9.59 Å². The summed E-state index contributed by atoms with van der Waals surface area (Å²) in [7, 11) is 0. The highest BCUT2D eigenvalue weighted by molar-refractivity contribution is 5.94. The van der Waals surface area contributed by atoms with Gasteiger partial charge in [-0.05, 0) is 31.9 Å². The summed E-state index contributed by atoms with van der Waals surface area (Å²) in [5.41, 5.74) is 2.55. The SMILES string of the molecule is CCn1nc(C(=O)N2CCCC2)c2c1CCN(C(=O)CCOc1ccccc1)C2. The number of nitrogens with zero attached hydrogens (tertiary/aromatic N) is 4. The summed E-state index contributed by atoms with van der Waals surface area (Å²) in [6, 6.07) is 9.52. The molecule has 0 aliphatic carbocycles. The molecule has 1 aromatic heterocycles. The lowest BCUT2D eigenvalue weighted by atomic mass is 10.0. The number of amides is 2. The van der Waals surface area contributed by atoms with E-state index < -0.39 is 0 Å². The summed E-state index contributed by atoms with van der Waals surface area (Å²) in [6.45, 7) is 5.82. The summed E-state index contributed by atoms with van der Waals surface area (Å²) in [5.74, 6) is 0.826. The third-order valence-corrected chi connectivity index (χ3v) is 5.71. The average Bonchev–Trinajstić information content (AvgIpc) is 3.41. The molecule has 0 radical (unpaired) electrons. The van der Waals surface area contributed by atoms with Gasteiger partial charge < -0.3 is 14.5 Å². The van der Waals surface area contributed by atoms with Gasteiger partial charge in [-0.1, -0.05) is 18.2 Å². The Hall–Kier alpha value is -2.83. The second-order valence-electron chi connectivity index (χ2n) is 7.57. The number of benzene rings is 1. The second kappa shape index (κ2) is 8.68. The number of para-hydroxylation sites is 1. The van der Waals surface area contributed by atoms with E-state index in [0.29, 0.717) is 31.8 Å². The Morgan fingerprint density at radius 3 is 2.55 bits per heavy atom. The average molecular weight is 396 g/mol. The zero-order chi connectivity index (χ0) is 20.2. The molecule has 0 N–H and O–H groups in total. The van der Waals surface area contributed by atoms with E-state index >= 15 is 0 Å². The van der Waals surface area contributed by atoms with Gasteiger partial charge in [0.05, 0.1) is 13.0 Å². The van der Waals surface area contributed by atoms with Crippen LogP contribution in [0.15, 0.2) is 30.3 Å². The molecule has 1 aromatic carbocycles. The minimum Gasteiger partial charge on any atom is -0.493 e. The quantitative estimate of drug-likeness (QED) is 0.752. The third kappa shape index (κ3) is 4.13. The van der Waals surface area contributed by atoms with Crippen LogP contribution in [0.4, 0.5) is 0 Å². The van der Waals surface area contributed by atoms with Crippen LogP contribution >= 0.6 is 0 Å². The smallest absolute Gasteiger partial charge is 0.274 e. The number of aromatic nitrogens is 2. The Morgan fingerprint density at radius 1 is 1.07 bits per heavy atom. The van der Waals surface area contributed by atoms with Crippen molar-refractivity contribution in [1.29, 1.82) is 0 Å². The van der Waals surface area contributed by atoms with Crippen molar-refractivity contribution in [3.05, 3.63) is 47.3 Å². The number of fused-ring (bicyclic) bond motifs is 1. The van der Waals surface area contributed by atoms with Crippen molar-refractivity contribution in [2.24, 2.45) is 0 Å². The number of ether oxygens (including phenoxy) is 1. The van der Waals surface area contributed by atoms with E-state index in [1.165, 1.54) is 0 Å². The lowest BCUT2D eigenvalue weighted by molar-refractivity contribution is -0.132. The topological polar surface area (TPSA) is 67.7 Å². The van der Waals surface area contributed by atoms with Gasteiger partial charge in [0.2, 0.25) is 5.91 Å². The largest absolute Gasteiger partial charge is 0.493 e. The maximum absolute atomic E-state index is 13.0. The predicted octanol–water partition coefficient (Wildman–Crippen LogP) is 2.49. The summed E-state index contributed by atoms with van der Waals surface area (Å²) in [6.07, 6.45) is 3.15. The Kier molecular flexibility index (Phi) is 5.83. The Labute approximate surface area is 171 Å². The number of likely N-dealkylation sites (tertiary alicyclic amines) is 1. The lowest BCUT2D eigenvalue weighted by Gasteiger charge is -2.28. The van der Waals surface area contributed by atoms with E-state index in [4.69, 9.17) is 4.74 Å². The molecule has 2 aliphatic heterocycles. The van der Waals surface area contributed by atoms with Crippen molar-refractivity contribution >= 4 is 11.8 Å². The molecule has 7 heteroatoms. The highest BCUT2D eigenvalue weighted by Gasteiger charge is 2.32. The normalized spacial score (nSPS) is 16.0. The number of rotatable bonds is 6. The Morgan fingerprint density at radius 2 is 1.83 bits per heavy atom. The molecule has 2 aliphatic rings. The van der Waals surface area contributed by atoms with E-state index in [0.717, 1.165) is 55.9 Å². The monoisotopic (exact) mass is 396 g/mol. The van der Waals surface area contributed by atoms with Crippen LogP contribution in [0.1, 0.15) is 47.9 Å². The molecule has 7 nitrogen and oxygen atoms in total. The molecular formula is C22H28N4O3. The fraction of sp³-hybridized carbons (Fsp3) is 0.500. The maximum Gasteiger partial charge on any atom is 0.274 e. The molecule has 0 bridgehead atoms. The maximum atomic E-state index is 13.0. The third-order valence-electron chi connectivity index (χ3n) is 5.71. The minimum absolute atomic E-state index is 0.00709. The van der Waals surface area contributed by atoms with Crippen LogP contribution in [0.25, 0.3) is 0 Å². The van der Waals surface area contributed by atoms with Crippen LogP contribution in [0.5, 0.6) is 5.75 Å². The van der Waals surface area contributed by atoms with Crippen LogP contribution in [0.2, 0.25) is 0 Å². The molecule has 1 fully saturated rings. The fourth-order valence-electron chi connectivity index (χ4n) is 4.14. The van der Waals surface area contributed by atoms with Gasteiger partial charge in [0.1, 0.15) is 5.75 Å². The van der Waals surface area contributed by atoms with Crippen molar-refractivity contribution in [3.63, 3.8) is 0 Å². The van der Waals surface area contributed by atoms with Crippen LogP contribution < -0.4 is 4.74 Å². The van der Waals surface area contributed by atoms with Crippen LogP contribution in [-0.4, -0.2) is 57.6 Å². The zero-order valence-corrected chi connectivity index (χ0v) is 17.0. The molecule has 2 aromatic rings.